The van der Waals surface area contributed by atoms with Crippen molar-refractivity contribution in [2.75, 3.05) is 58.3 Å². The van der Waals surface area contributed by atoms with Crippen LogP contribution < -0.4 is 10.2 Å². The fourth-order valence-electron chi connectivity index (χ4n) is 6.05. The van der Waals surface area contributed by atoms with Gasteiger partial charge < -0.3 is 34.6 Å². The molecule has 2 aliphatic heterocycles. The molecule has 12 nitrogen and oxygen atoms in total. The van der Waals surface area contributed by atoms with Crippen molar-refractivity contribution >= 4 is 29.7 Å². The number of ether oxygens (including phenoxy) is 2. The number of nitrogens with zero attached hydrogens (tertiary/aromatic N) is 5. The van der Waals surface area contributed by atoms with Crippen LogP contribution in [0, 0.1) is 17.7 Å². The number of esters is 1. The molecule has 0 unspecified atom stereocenters. The predicted octanol–water partition coefficient (Wildman–Crippen LogP) is 3.72. The van der Waals surface area contributed by atoms with Gasteiger partial charge in [-0.2, -0.15) is 5.10 Å². The van der Waals surface area contributed by atoms with Gasteiger partial charge in [0.25, 0.3) is 0 Å². The van der Waals surface area contributed by atoms with Gasteiger partial charge in [0.15, 0.2) is 0 Å². The Bertz CT molecular complexity index is 1460. The molecule has 2 aliphatic rings. The van der Waals surface area contributed by atoms with Gasteiger partial charge in [-0.1, -0.05) is 26.0 Å². The van der Waals surface area contributed by atoms with Crippen LogP contribution in [0.15, 0.2) is 54.4 Å². The second-order valence-corrected chi connectivity index (χ2v) is 13.4. The fourth-order valence-corrected chi connectivity index (χ4v) is 6.05. The average Bonchev–Trinajstić information content (AvgIpc) is 3.56. The molecule has 13 heteroatoms. The Balaban J connectivity index is 1.48. The normalized spacial score (nSPS) is 24.9. The number of halogens is 1. The summed E-state index contributed by atoms with van der Waals surface area (Å²) in [5.74, 6) is -1.37. The SMILES string of the molecule is C/C(=C\c1cc(F)cc(N2CCN(C(=O)Cn3cccn3)CC2)c1)[C@H]1OC(=O)C[C@H](O)CC[C@H](C)[C@@H](OC(=O)NCCN(C)C)/C=C/[C@@H]1C. The van der Waals surface area contributed by atoms with Crippen LogP contribution in [0.25, 0.3) is 6.08 Å². The van der Waals surface area contributed by atoms with Gasteiger partial charge in [0, 0.05) is 63.3 Å². The third kappa shape index (κ3) is 11.7. The zero-order chi connectivity index (χ0) is 35.5. The lowest BCUT2D eigenvalue weighted by atomic mass is 9.91. The number of carbonyl (C=O) groups is 3. The van der Waals surface area contributed by atoms with Crippen molar-refractivity contribution in [1.82, 2.24) is 24.9 Å². The lowest BCUT2D eigenvalue weighted by Crippen LogP contribution is -2.49. The second-order valence-electron chi connectivity index (χ2n) is 13.4. The number of hydrogen-bond acceptors (Lipinski definition) is 9. The second kappa shape index (κ2) is 18.0. The monoisotopic (exact) mass is 682 g/mol. The first-order valence-electron chi connectivity index (χ1n) is 17.0. The van der Waals surface area contributed by atoms with Crippen LogP contribution in [0.2, 0.25) is 0 Å². The van der Waals surface area contributed by atoms with Gasteiger partial charge in [0.1, 0.15) is 24.6 Å². The molecule has 1 aromatic carbocycles. The number of benzene rings is 1. The van der Waals surface area contributed by atoms with Crippen LogP contribution in [0.3, 0.4) is 0 Å². The predicted molar refractivity (Wildman–Crippen MR) is 185 cm³/mol. The fraction of sp³-hybridized carbons (Fsp3) is 0.556. The summed E-state index contributed by atoms with van der Waals surface area (Å²) in [7, 11) is 3.84. The Morgan fingerprint density at radius 1 is 1.14 bits per heavy atom. The van der Waals surface area contributed by atoms with Gasteiger partial charge in [0.05, 0.1) is 12.5 Å². The van der Waals surface area contributed by atoms with Crippen molar-refractivity contribution in [1.29, 1.82) is 0 Å². The number of alkyl carbamates (subject to hydrolysis) is 1. The molecule has 1 fully saturated rings. The zero-order valence-electron chi connectivity index (χ0n) is 29.3. The lowest BCUT2D eigenvalue weighted by Gasteiger charge is -2.36. The van der Waals surface area contributed by atoms with Crippen molar-refractivity contribution in [2.24, 2.45) is 11.8 Å². The highest BCUT2D eigenvalue weighted by Crippen LogP contribution is 2.27. The summed E-state index contributed by atoms with van der Waals surface area (Å²) in [6.07, 6.45) is 6.93. The van der Waals surface area contributed by atoms with Crippen molar-refractivity contribution in [3.63, 3.8) is 0 Å². The Labute approximate surface area is 288 Å². The molecule has 5 atom stereocenters. The Morgan fingerprint density at radius 2 is 1.90 bits per heavy atom. The molecule has 0 bridgehead atoms. The number of piperazine rings is 1. The topological polar surface area (TPSA) is 129 Å². The zero-order valence-corrected chi connectivity index (χ0v) is 29.3. The minimum absolute atomic E-state index is 0.0142. The molecule has 0 spiro atoms. The molecule has 0 aliphatic carbocycles. The number of cyclic esters (lactones) is 1. The number of rotatable bonds is 9. The Morgan fingerprint density at radius 3 is 2.59 bits per heavy atom. The molecule has 49 heavy (non-hydrogen) atoms. The van der Waals surface area contributed by atoms with Crippen molar-refractivity contribution in [2.45, 2.75) is 64.9 Å². The van der Waals surface area contributed by atoms with E-state index in [1.165, 1.54) is 12.1 Å². The van der Waals surface area contributed by atoms with E-state index in [4.69, 9.17) is 9.47 Å². The van der Waals surface area contributed by atoms with E-state index in [2.05, 4.69) is 10.4 Å². The maximum absolute atomic E-state index is 15.0. The first-order chi connectivity index (χ1) is 23.4. The van der Waals surface area contributed by atoms with Gasteiger partial charge in [-0.25, -0.2) is 9.18 Å². The largest absolute Gasteiger partial charge is 0.457 e. The Hall–Kier alpha value is -4.23. The molecule has 2 N–H and O–H groups in total. The molecule has 0 radical (unpaired) electrons. The summed E-state index contributed by atoms with van der Waals surface area (Å²) in [5.41, 5.74) is 1.99. The van der Waals surface area contributed by atoms with Gasteiger partial charge in [-0.3, -0.25) is 14.3 Å². The minimum atomic E-state index is -0.903. The van der Waals surface area contributed by atoms with E-state index in [1.54, 1.807) is 34.1 Å². The van der Waals surface area contributed by atoms with Crippen LogP contribution >= 0.6 is 0 Å². The highest BCUT2D eigenvalue weighted by molar-refractivity contribution is 5.76. The van der Waals surface area contributed by atoms with Gasteiger partial charge >= 0.3 is 12.1 Å². The number of nitrogens with one attached hydrogen (secondary N) is 1. The van der Waals surface area contributed by atoms with E-state index >= 15 is 0 Å². The smallest absolute Gasteiger partial charge is 0.407 e. The van der Waals surface area contributed by atoms with Crippen LogP contribution in [0.4, 0.5) is 14.9 Å². The molecule has 1 aromatic heterocycles. The minimum Gasteiger partial charge on any atom is -0.457 e. The number of carbonyl (C=O) groups excluding carboxylic acids is 3. The number of likely N-dealkylation sites (N-methyl/N-ethyl adjacent to an activating group) is 1. The van der Waals surface area contributed by atoms with E-state index in [0.29, 0.717) is 68.9 Å². The highest BCUT2D eigenvalue weighted by Gasteiger charge is 2.28. The standard InChI is InChI=1S/C36H51FN6O6/c1-25-7-9-31(44)23-34(46)49-35(26(2)8-10-32(25)48-36(47)38-12-14-40(4)5)27(3)19-28-20-29(37)22-30(21-28)41-15-17-42(18-16-41)33(45)24-43-13-6-11-39-43/h6,8,10-11,13,19-22,25-26,31-32,35,44H,7,9,12,14-18,23-24H2,1-5H3,(H,38,47)/b10-8+,27-19+/t25-,26-,31+,32-,35-/m0/s1. The molecule has 4 rings (SSSR count). The molecule has 1 saturated heterocycles. The number of aromatic nitrogens is 2. The summed E-state index contributed by atoms with van der Waals surface area (Å²) in [4.78, 5) is 44.0. The van der Waals surface area contributed by atoms with Crippen LogP contribution in [-0.2, 0) is 25.6 Å². The maximum atomic E-state index is 15.0. The van der Waals surface area contributed by atoms with Crippen LogP contribution in [0.1, 0.15) is 45.6 Å². The maximum Gasteiger partial charge on any atom is 0.407 e. The molecule has 268 valence electrons. The number of amides is 2. The lowest BCUT2D eigenvalue weighted by molar-refractivity contribution is -0.151. The Kier molecular flexibility index (Phi) is 13.8. The van der Waals surface area contributed by atoms with E-state index in [0.717, 1.165) is 0 Å². The van der Waals surface area contributed by atoms with Crippen molar-refractivity contribution < 1.29 is 33.4 Å². The van der Waals surface area contributed by atoms with E-state index in [9.17, 15) is 23.9 Å². The van der Waals surface area contributed by atoms with Crippen LogP contribution in [0.5, 0.6) is 0 Å². The summed E-state index contributed by atoms with van der Waals surface area (Å²) in [6.45, 7) is 9.09. The summed E-state index contributed by atoms with van der Waals surface area (Å²) in [6, 6.07) is 6.57. The molecule has 0 saturated carbocycles. The summed E-state index contributed by atoms with van der Waals surface area (Å²) in [5, 5.41) is 17.5. The molecule has 3 heterocycles. The number of hydrogen-bond donors (Lipinski definition) is 2. The highest BCUT2D eigenvalue weighted by atomic mass is 19.1. The van der Waals surface area contributed by atoms with Crippen LogP contribution in [-0.4, -0.2) is 114 Å². The van der Waals surface area contributed by atoms with E-state index in [-0.39, 0.29) is 30.7 Å². The molecular formula is C36H51FN6O6. The quantitative estimate of drug-likeness (QED) is 0.301. The first kappa shape index (κ1) is 37.6. The number of aliphatic hydroxyl groups excluding tert-OH is 1. The molecular weight excluding hydrogens is 631 g/mol. The summed E-state index contributed by atoms with van der Waals surface area (Å²) >= 11 is 0. The van der Waals surface area contributed by atoms with Crippen molar-refractivity contribution in [3.8, 4) is 0 Å². The van der Waals surface area contributed by atoms with Gasteiger partial charge in [0.2, 0.25) is 5.91 Å². The average molecular weight is 683 g/mol. The third-order valence-corrected chi connectivity index (χ3v) is 8.93. The third-order valence-electron chi connectivity index (χ3n) is 8.93. The van der Waals surface area contributed by atoms with Gasteiger partial charge in [-0.15, -0.1) is 0 Å². The number of aliphatic hydroxyl groups is 1. The van der Waals surface area contributed by atoms with E-state index < -0.39 is 36.2 Å². The van der Waals surface area contributed by atoms with Crippen molar-refractivity contribution in [3.05, 3.63) is 65.8 Å². The molecule has 2 aromatic rings. The van der Waals surface area contributed by atoms with Gasteiger partial charge in [-0.05, 0) is 81.3 Å². The number of anilines is 1. The molecule has 2 amide bonds. The summed E-state index contributed by atoms with van der Waals surface area (Å²) < 4.78 is 28.3. The first-order valence-corrected chi connectivity index (χ1v) is 17.0. The van der Waals surface area contributed by atoms with E-state index in [1.807, 2.05) is 62.9 Å².